The number of nitrogens with zero attached hydrogens (tertiary/aromatic N) is 3. The molecular weight excluding hydrogens is 200 g/mol. The number of rotatable bonds is 3. The van der Waals surface area contributed by atoms with Crippen LogP contribution in [0.5, 0.6) is 0 Å². The van der Waals surface area contributed by atoms with Crippen molar-refractivity contribution < 1.29 is 0 Å². The van der Waals surface area contributed by atoms with Crippen molar-refractivity contribution in [2.75, 3.05) is 25.5 Å². The van der Waals surface area contributed by atoms with E-state index in [4.69, 9.17) is 0 Å². The Morgan fingerprint density at radius 3 is 2.69 bits per heavy atom. The molecule has 4 heteroatoms. The molecule has 1 saturated heterocycles. The molecule has 0 atom stereocenters. The molecule has 0 radical (unpaired) electrons. The van der Waals surface area contributed by atoms with E-state index in [-0.39, 0.29) is 0 Å². The quantitative estimate of drug-likeness (QED) is 0.842. The lowest BCUT2D eigenvalue weighted by atomic mass is 9.93. The van der Waals surface area contributed by atoms with Crippen molar-refractivity contribution >= 4 is 5.82 Å². The van der Waals surface area contributed by atoms with Gasteiger partial charge in [-0.2, -0.15) is 0 Å². The summed E-state index contributed by atoms with van der Waals surface area (Å²) >= 11 is 0. The summed E-state index contributed by atoms with van der Waals surface area (Å²) in [6.07, 6.45) is 4.92. The van der Waals surface area contributed by atoms with E-state index in [1.807, 2.05) is 13.2 Å². The van der Waals surface area contributed by atoms with Crippen molar-refractivity contribution in [1.82, 2.24) is 14.9 Å². The largest absolute Gasteiger partial charge is 0.372 e. The van der Waals surface area contributed by atoms with E-state index in [0.717, 1.165) is 24.6 Å². The summed E-state index contributed by atoms with van der Waals surface area (Å²) < 4.78 is 0. The Hall–Kier alpha value is -1.16. The molecule has 1 aliphatic heterocycles. The number of anilines is 1. The standard InChI is InChI=1S/C12H20N4/c1-12(2)4-5-16(9-12)8-10-6-15-11(13-3)7-14-10/h6-7H,4-5,8-9H2,1-3H3,(H,13,15). The van der Waals surface area contributed by atoms with Gasteiger partial charge in [0.15, 0.2) is 0 Å². The van der Waals surface area contributed by atoms with Gasteiger partial charge in [-0.1, -0.05) is 13.8 Å². The first-order valence-electron chi connectivity index (χ1n) is 5.80. The Labute approximate surface area is 97.1 Å². The predicted octanol–water partition coefficient (Wildman–Crippen LogP) is 1.75. The molecule has 4 nitrogen and oxygen atoms in total. The average Bonchev–Trinajstić information content (AvgIpc) is 2.59. The molecule has 0 bridgehead atoms. The highest BCUT2D eigenvalue weighted by Gasteiger charge is 2.29. The minimum Gasteiger partial charge on any atom is -0.372 e. The molecule has 88 valence electrons. The van der Waals surface area contributed by atoms with E-state index >= 15 is 0 Å². The monoisotopic (exact) mass is 220 g/mol. The molecule has 1 aromatic rings. The zero-order chi connectivity index (χ0) is 11.6. The summed E-state index contributed by atoms with van der Waals surface area (Å²) in [5.74, 6) is 0.825. The SMILES string of the molecule is CNc1cnc(CN2CCC(C)(C)C2)cn1. The smallest absolute Gasteiger partial charge is 0.144 e. The highest BCUT2D eigenvalue weighted by atomic mass is 15.2. The summed E-state index contributed by atoms with van der Waals surface area (Å²) in [5, 5.41) is 2.97. The maximum atomic E-state index is 4.39. The van der Waals surface area contributed by atoms with Gasteiger partial charge in [-0.25, -0.2) is 4.98 Å². The lowest BCUT2D eigenvalue weighted by Crippen LogP contribution is -2.23. The van der Waals surface area contributed by atoms with Gasteiger partial charge in [-0.3, -0.25) is 9.88 Å². The van der Waals surface area contributed by atoms with Crippen molar-refractivity contribution in [3.05, 3.63) is 18.1 Å². The molecule has 0 aliphatic carbocycles. The van der Waals surface area contributed by atoms with Gasteiger partial charge in [0.2, 0.25) is 0 Å². The fraction of sp³-hybridized carbons (Fsp3) is 0.667. The molecule has 2 rings (SSSR count). The maximum absolute atomic E-state index is 4.39. The second-order valence-corrected chi connectivity index (χ2v) is 5.27. The highest BCUT2D eigenvalue weighted by molar-refractivity contribution is 5.29. The van der Waals surface area contributed by atoms with Crippen LogP contribution in [0.4, 0.5) is 5.82 Å². The van der Waals surface area contributed by atoms with Gasteiger partial charge in [-0.05, 0) is 18.4 Å². The minimum atomic E-state index is 0.457. The summed E-state index contributed by atoms with van der Waals surface area (Å²) in [6, 6.07) is 0. The third-order valence-electron chi connectivity index (χ3n) is 3.10. The van der Waals surface area contributed by atoms with Crippen LogP contribution in [-0.2, 0) is 6.54 Å². The summed E-state index contributed by atoms with van der Waals surface area (Å²) in [6.45, 7) is 7.89. The van der Waals surface area contributed by atoms with E-state index < -0.39 is 0 Å². The number of hydrogen-bond donors (Lipinski definition) is 1. The zero-order valence-corrected chi connectivity index (χ0v) is 10.3. The molecule has 0 spiro atoms. The van der Waals surface area contributed by atoms with Gasteiger partial charge >= 0.3 is 0 Å². The number of nitrogens with one attached hydrogen (secondary N) is 1. The Bertz CT molecular complexity index is 345. The van der Waals surface area contributed by atoms with Crippen LogP contribution < -0.4 is 5.32 Å². The van der Waals surface area contributed by atoms with Crippen molar-refractivity contribution in [2.45, 2.75) is 26.8 Å². The first-order chi connectivity index (χ1) is 7.59. The first-order valence-corrected chi connectivity index (χ1v) is 5.80. The number of aromatic nitrogens is 2. The Morgan fingerprint density at radius 2 is 2.19 bits per heavy atom. The Morgan fingerprint density at radius 1 is 1.38 bits per heavy atom. The molecule has 0 saturated carbocycles. The normalized spacial score (nSPS) is 19.9. The summed E-state index contributed by atoms with van der Waals surface area (Å²) in [4.78, 5) is 11.1. The van der Waals surface area contributed by atoms with E-state index in [2.05, 4.69) is 34.0 Å². The predicted molar refractivity (Wildman–Crippen MR) is 65.3 cm³/mol. The van der Waals surface area contributed by atoms with Crippen LogP contribution in [0.2, 0.25) is 0 Å². The molecule has 0 aromatic carbocycles. The molecule has 1 aromatic heterocycles. The minimum absolute atomic E-state index is 0.457. The summed E-state index contributed by atoms with van der Waals surface area (Å²) in [5.41, 5.74) is 1.51. The van der Waals surface area contributed by atoms with E-state index in [1.54, 1.807) is 6.20 Å². The fourth-order valence-corrected chi connectivity index (χ4v) is 2.15. The van der Waals surface area contributed by atoms with Crippen LogP contribution in [0.3, 0.4) is 0 Å². The van der Waals surface area contributed by atoms with E-state index in [0.29, 0.717) is 5.41 Å². The van der Waals surface area contributed by atoms with Crippen molar-refractivity contribution in [3.63, 3.8) is 0 Å². The Kier molecular flexibility index (Phi) is 3.10. The van der Waals surface area contributed by atoms with Crippen LogP contribution in [0.25, 0.3) is 0 Å². The molecular formula is C12H20N4. The zero-order valence-electron chi connectivity index (χ0n) is 10.3. The molecule has 2 heterocycles. The fourth-order valence-electron chi connectivity index (χ4n) is 2.15. The maximum Gasteiger partial charge on any atom is 0.144 e. The van der Waals surface area contributed by atoms with Gasteiger partial charge in [0.25, 0.3) is 0 Å². The third-order valence-corrected chi connectivity index (χ3v) is 3.10. The molecule has 16 heavy (non-hydrogen) atoms. The van der Waals surface area contributed by atoms with Crippen molar-refractivity contribution in [1.29, 1.82) is 0 Å². The number of hydrogen-bond acceptors (Lipinski definition) is 4. The van der Waals surface area contributed by atoms with Crippen LogP contribution in [0.15, 0.2) is 12.4 Å². The highest BCUT2D eigenvalue weighted by Crippen LogP contribution is 2.29. The molecule has 1 N–H and O–H groups in total. The third kappa shape index (κ3) is 2.70. The van der Waals surface area contributed by atoms with Crippen LogP contribution in [0, 0.1) is 5.41 Å². The van der Waals surface area contributed by atoms with Crippen molar-refractivity contribution in [2.24, 2.45) is 5.41 Å². The second-order valence-electron chi connectivity index (χ2n) is 5.27. The molecule has 0 amide bonds. The van der Waals surface area contributed by atoms with E-state index in [1.165, 1.54) is 13.0 Å². The molecule has 0 unspecified atom stereocenters. The Balaban J connectivity index is 1.94. The van der Waals surface area contributed by atoms with Crippen molar-refractivity contribution in [3.8, 4) is 0 Å². The number of likely N-dealkylation sites (tertiary alicyclic amines) is 1. The molecule has 1 fully saturated rings. The van der Waals surface area contributed by atoms with Crippen LogP contribution in [-0.4, -0.2) is 35.0 Å². The topological polar surface area (TPSA) is 41.1 Å². The van der Waals surface area contributed by atoms with Gasteiger partial charge in [0, 0.05) is 20.1 Å². The van der Waals surface area contributed by atoms with Crippen LogP contribution in [0.1, 0.15) is 26.0 Å². The summed E-state index contributed by atoms with van der Waals surface area (Å²) in [7, 11) is 1.85. The van der Waals surface area contributed by atoms with Gasteiger partial charge in [0.1, 0.15) is 5.82 Å². The lowest BCUT2D eigenvalue weighted by molar-refractivity contribution is 0.281. The van der Waals surface area contributed by atoms with E-state index in [9.17, 15) is 0 Å². The van der Waals surface area contributed by atoms with Gasteiger partial charge < -0.3 is 5.32 Å². The second kappa shape index (κ2) is 4.37. The first kappa shape index (κ1) is 11.3. The van der Waals surface area contributed by atoms with Crippen LogP contribution >= 0.6 is 0 Å². The molecule has 1 aliphatic rings. The van der Waals surface area contributed by atoms with Gasteiger partial charge in [-0.15, -0.1) is 0 Å². The average molecular weight is 220 g/mol. The van der Waals surface area contributed by atoms with Gasteiger partial charge in [0.05, 0.1) is 18.1 Å². The lowest BCUT2D eigenvalue weighted by Gasteiger charge is -2.19.